The number of thioether (sulfide) groups is 2. The Morgan fingerprint density at radius 1 is 1.32 bits per heavy atom. The van der Waals surface area contributed by atoms with Crippen molar-refractivity contribution in [3.63, 3.8) is 0 Å². The molecule has 19 heavy (non-hydrogen) atoms. The lowest BCUT2D eigenvalue weighted by molar-refractivity contribution is 0.121. The number of nitriles is 1. The maximum absolute atomic E-state index is 9.03. The predicted octanol–water partition coefficient (Wildman–Crippen LogP) is 3.24. The summed E-state index contributed by atoms with van der Waals surface area (Å²) in [5.41, 5.74) is 0. The van der Waals surface area contributed by atoms with E-state index in [-0.39, 0.29) is 4.87 Å². The minimum absolute atomic E-state index is 0.0296. The van der Waals surface area contributed by atoms with Gasteiger partial charge in [-0.1, -0.05) is 42.7 Å². The van der Waals surface area contributed by atoms with Crippen LogP contribution < -0.4 is 0 Å². The first-order chi connectivity index (χ1) is 8.80. The van der Waals surface area contributed by atoms with Gasteiger partial charge in [-0.3, -0.25) is 0 Å². The normalized spacial score (nSPS) is 13.9. The molecule has 0 aromatic rings. The smallest absolute Gasteiger partial charge is 0.376 e. The molecule has 0 aromatic heterocycles. The van der Waals surface area contributed by atoms with Crippen molar-refractivity contribution in [1.82, 2.24) is 0 Å². The van der Waals surface area contributed by atoms with Gasteiger partial charge >= 0.3 is 8.80 Å². The van der Waals surface area contributed by atoms with Gasteiger partial charge in [-0.25, -0.2) is 0 Å². The second-order valence-corrected chi connectivity index (χ2v) is 11.8. The zero-order chi connectivity index (χ0) is 15.1. The summed E-state index contributed by atoms with van der Waals surface area (Å²) < 4.78 is 16.6. The molecule has 0 spiro atoms. The van der Waals surface area contributed by atoms with Crippen LogP contribution in [0.1, 0.15) is 27.2 Å². The Hall–Kier alpha value is 0.377. The van der Waals surface area contributed by atoms with E-state index in [9.17, 15) is 0 Å². The van der Waals surface area contributed by atoms with Crippen LogP contribution in [0, 0.1) is 11.3 Å². The van der Waals surface area contributed by atoms with Gasteiger partial charge in [0, 0.05) is 21.3 Å². The quantitative estimate of drug-likeness (QED) is 0.521. The van der Waals surface area contributed by atoms with Crippen molar-refractivity contribution in [1.29, 1.82) is 5.26 Å². The van der Waals surface area contributed by atoms with Crippen molar-refractivity contribution in [2.24, 2.45) is 0 Å². The fraction of sp³-hybridized carbons (Fsp3) is 0.818. The second kappa shape index (κ2) is 8.62. The molecule has 8 heteroatoms. The highest BCUT2D eigenvalue weighted by molar-refractivity contribution is 8.48. The van der Waals surface area contributed by atoms with Gasteiger partial charge in [-0.05, 0) is 20.3 Å². The van der Waals surface area contributed by atoms with Crippen molar-refractivity contribution in [3.8, 4) is 6.07 Å². The van der Waals surface area contributed by atoms with E-state index < -0.39 is 13.6 Å². The highest BCUT2D eigenvalue weighted by atomic mass is 32.2. The summed E-state index contributed by atoms with van der Waals surface area (Å²) in [5.74, 6) is 0. The average molecular weight is 340 g/mol. The van der Waals surface area contributed by atoms with Gasteiger partial charge in [-0.2, -0.15) is 5.26 Å². The van der Waals surface area contributed by atoms with Crippen LogP contribution in [0.25, 0.3) is 0 Å². The Labute approximate surface area is 130 Å². The predicted molar refractivity (Wildman–Crippen MR) is 88.3 cm³/mol. The first kappa shape index (κ1) is 19.4. The standard InChI is InChI=1S/C11H21NO3S3Si/c1-7-9(19(13-4,14-5)15-6)17-10(16)18-11(2,3)8-12/h9H,7H2,1-6H3. The first-order valence-corrected chi connectivity index (χ1v) is 9.67. The fourth-order valence-electron chi connectivity index (χ4n) is 1.42. The molecule has 0 aliphatic heterocycles. The summed E-state index contributed by atoms with van der Waals surface area (Å²) in [5, 5.41) is 9.03. The van der Waals surface area contributed by atoms with Crippen molar-refractivity contribution < 1.29 is 13.3 Å². The molecule has 0 saturated heterocycles. The molecule has 0 amide bonds. The molecule has 0 saturated carbocycles. The Kier molecular flexibility index (Phi) is 8.79. The third-order valence-corrected chi connectivity index (χ3v) is 9.24. The molecule has 0 aliphatic rings. The maximum Gasteiger partial charge on any atom is 0.514 e. The molecule has 1 unspecified atom stereocenters. The molecule has 0 radical (unpaired) electrons. The largest absolute Gasteiger partial charge is 0.514 e. The lowest BCUT2D eigenvalue weighted by Crippen LogP contribution is -2.53. The van der Waals surface area contributed by atoms with E-state index >= 15 is 0 Å². The number of thiocarbonyl (C=S) groups is 1. The highest BCUT2D eigenvalue weighted by Crippen LogP contribution is 2.36. The Morgan fingerprint density at radius 3 is 2.11 bits per heavy atom. The van der Waals surface area contributed by atoms with E-state index in [0.29, 0.717) is 3.53 Å². The van der Waals surface area contributed by atoms with Gasteiger partial charge in [0.25, 0.3) is 0 Å². The zero-order valence-corrected chi connectivity index (χ0v) is 15.6. The number of nitrogens with zero attached hydrogens (tertiary/aromatic N) is 1. The van der Waals surface area contributed by atoms with Crippen molar-refractivity contribution in [2.45, 2.75) is 36.8 Å². The third-order valence-electron chi connectivity index (χ3n) is 2.46. The molecule has 4 nitrogen and oxygen atoms in total. The number of hydrogen-bond donors (Lipinski definition) is 0. The number of rotatable bonds is 7. The molecule has 0 N–H and O–H groups in total. The molecule has 0 rings (SSSR count). The second-order valence-electron chi connectivity index (χ2n) is 4.20. The summed E-state index contributed by atoms with van der Waals surface area (Å²) >= 11 is 8.23. The lowest BCUT2D eigenvalue weighted by Gasteiger charge is -2.31. The van der Waals surface area contributed by atoms with Gasteiger partial charge in [0.15, 0.2) is 0 Å². The molecule has 110 valence electrons. The summed E-state index contributed by atoms with van der Waals surface area (Å²) in [6.07, 6.45) is 0.820. The molecule has 0 fully saturated rings. The molecule has 0 heterocycles. The van der Waals surface area contributed by atoms with Gasteiger partial charge in [0.2, 0.25) is 0 Å². The minimum atomic E-state index is -2.72. The van der Waals surface area contributed by atoms with Crippen LogP contribution in [0.2, 0.25) is 0 Å². The van der Waals surface area contributed by atoms with Crippen molar-refractivity contribution in [2.75, 3.05) is 21.3 Å². The lowest BCUT2D eigenvalue weighted by atomic mass is 10.2. The van der Waals surface area contributed by atoms with E-state index in [0.717, 1.165) is 6.42 Å². The van der Waals surface area contributed by atoms with Crippen LogP contribution in [0.4, 0.5) is 0 Å². The Morgan fingerprint density at radius 2 is 1.79 bits per heavy atom. The summed E-state index contributed by atoms with van der Waals surface area (Å²) in [4.78, 5) is 0.0296. The maximum atomic E-state index is 9.03. The molecular weight excluding hydrogens is 318 g/mol. The first-order valence-electron chi connectivity index (χ1n) is 5.77. The molecule has 0 aromatic carbocycles. The molecule has 0 bridgehead atoms. The topological polar surface area (TPSA) is 51.5 Å². The van der Waals surface area contributed by atoms with Crippen LogP contribution in [-0.4, -0.2) is 43.3 Å². The SMILES string of the molecule is CCC(SC(=S)SC(C)(C)C#N)[Si](OC)(OC)OC. The van der Waals surface area contributed by atoms with Gasteiger partial charge in [-0.15, -0.1) is 0 Å². The third kappa shape index (κ3) is 5.71. The van der Waals surface area contributed by atoms with Crippen LogP contribution >= 0.6 is 35.7 Å². The van der Waals surface area contributed by atoms with Crippen LogP contribution in [0.5, 0.6) is 0 Å². The summed E-state index contributed by atoms with van der Waals surface area (Å²) in [6.45, 7) is 5.73. The van der Waals surface area contributed by atoms with Crippen molar-refractivity contribution in [3.05, 3.63) is 0 Å². The molecule has 1 atom stereocenters. The van der Waals surface area contributed by atoms with E-state index in [4.69, 9.17) is 30.8 Å². The average Bonchev–Trinajstić information content (AvgIpc) is 2.39. The Bertz CT molecular complexity index is 334. The van der Waals surface area contributed by atoms with E-state index in [1.54, 1.807) is 21.3 Å². The molecular formula is C11H21NO3S3Si. The van der Waals surface area contributed by atoms with Crippen LogP contribution in [-0.2, 0) is 13.3 Å². The zero-order valence-electron chi connectivity index (χ0n) is 12.2. The summed E-state index contributed by atoms with van der Waals surface area (Å²) in [6, 6.07) is 2.22. The Balaban J connectivity index is 4.83. The van der Waals surface area contributed by atoms with Crippen LogP contribution in [0.15, 0.2) is 0 Å². The minimum Gasteiger partial charge on any atom is -0.376 e. The van der Waals surface area contributed by atoms with E-state index in [2.05, 4.69) is 6.07 Å². The summed E-state index contributed by atoms with van der Waals surface area (Å²) in [7, 11) is 2.07. The van der Waals surface area contributed by atoms with E-state index in [1.165, 1.54) is 23.5 Å². The van der Waals surface area contributed by atoms with Gasteiger partial charge in [0.1, 0.15) is 8.28 Å². The van der Waals surface area contributed by atoms with E-state index in [1.807, 2.05) is 20.8 Å². The highest BCUT2D eigenvalue weighted by Gasteiger charge is 2.47. The molecule has 0 aliphatic carbocycles. The van der Waals surface area contributed by atoms with Gasteiger partial charge < -0.3 is 13.3 Å². The van der Waals surface area contributed by atoms with Crippen molar-refractivity contribution >= 4 is 48.1 Å². The van der Waals surface area contributed by atoms with Gasteiger partial charge in [0.05, 0.1) is 10.9 Å². The monoisotopic (exact) mass is 339 g/mol. The number of hydrogen-bond acceptors (Lipinski definition) is 7. The fourth-order valence-corrected chi connectivity index (χ4v) is 8.52. The van der Waals surface area contributed by atoms with Crippen LogP contribution in [0.3, 0.4) is 0 Å².